The fourth-order valence-corrected chi connectivity index (χ4v) is 1.19. The van der Waals surface area contributed by atoms with E-state index in [0.717, 1.165) is 0 Å². The van der Waals surface area contributed by atoms with Crippen molar-refractivity contribution < 1.29 is 14.4 Å². The largest absolute Gasteiger partial charge is 0.347 e. The highest BCUT2D eigenvalue weighted by atomic mass is 16.2. The van der Waals surface area contributed by atoms with E-state index in [2.05, 4.69) is 10.6 Å². The lowest BCUT2D eigenvalue weighted by molar-refractivity contribution is -0.128. The minimum absolute atomic E-state index is 0.138. The molecule has 0 spiro atoms. The highest BCUT2D eigenvalue weighted by Gasteiger charge is 2.07. The molecule has 0 aliphatic rings. The molecule has 0 aliphatic carbocycles. The topological polar surface area (TPSA) is 75.3 Å². The Labute approximate surface area is 99.2 Å². The molecule has 17 heavy (non-hydrogen) atoms. The van der Waals surface area contributed by atoms with Gasteiger partial charge in [-0.3, -0.25) is 14.4 Å². The van der Waals surface area contributed by atoms with Gasteiger partial charge in [-0.1, -0.05) is 18.2 Å². The second-order valence-corrected chi connectivity index (χ2v) is 3.57. The summed E-state index contributed by atoms with van der Waals surface area (Å²) in [5, 5.41) is 4.97. The van der Waals surface area contributed by atoms with Crippen LogP contribution in [0.3, 0.4) is 0 Å². The Bertz CT molecular complexity index is 415. The number of hydrogen-bond acceptors (Lipinski definition) is 3. The highest BCUT2D eigenvalue weighted by Crippen LogP contribution is 2.03. The number of benzene rings is 1. The Morgan fingerprint density at radius 1 is 1.06 bits per heavy atom. The summed E-state index contributed by atoms with van der Waals surface area (Å²) in [7, 11) is 0. The molecule has 0 saturated carbocycles. The Morgan fingerprint density at radius 2 is 1.71 bits per heavy atom. The molecule has 90 valence electrons. The van der Waals surface area contributed by atoms with Gasteiger partial charge < -0.3 is 10.6 Å². The minimum Gasteiger partial charge on any atom is -0.347 e. The summed E-state index contributed by atoms with van der Waals surface area (Å²) >= 11 is 0. The predicted molar refractivity (Wildman–Crippen MR) is 63.4 cm³/mol. The van der Waals surface area contributed by atoms with E-state index < -0.39 is 5.91 Å². The smallest absolute Gasteiger partial charge is 0.243 e. The Balaban J connectivity index is 2.31. The van der Waals surface area contributed by atoms with Crippen molar-refractivity contribution in [3.8, 4) is 0 Å². The van der Waals surface area contributed by atoms with Crippen LogP contribution in [0, 0.1) is 0 Å². The van der Waals surface area contributed by atoms with Crippen LogP contribution in [0.5, 0.6) is 0 Å². The Hall–Kier alpha value is -2.17. The number of rotatable bonds is 5. The Kier molecular flexibility index (Phi) is 4.87. The summed E-state index contributed by atoms with van der Waals surface area (Å²) in [4.78, 5) is 33.1. The lowest BCUT2D eigenvalue weighted by Crippen LogP contribution is -2.33. The van der Waals surface area contributed by atoms with Gasteiger partial charge in [0.05, 0.1) is 13.0 Å². The maximum absolute atomic E-state index is 11.4. The van der Waals surface area contributed by atoms with Gasteiger partial charge in [-0.05, 0) is 19.1 Å². The third kappa shape index (κ3) is 5.46. The fourth-order valence-electron chi connectivity index (χ4n) is 1.19. The van der Waals surface area contributed by atoms with Crippen molar-refractivity contribution in [2.45, 2.75) is 13.3 Å². The van der Waals surface area contributed by atoms with E-state index in [1.54, 1.807) is 24.3 Å². The predicted octanol–water partition coefficient (Wildman–Crippen LogP) is 0.720. The van der Waals surface area contributed by atoms with E-state index in [4.69, 9.17) is 0 Å². The minimum atomic E-state index is -0.444. The third-order valence-electron chi connectivity index (χ3n) is 1.91. The van der Waals surface area contributed by atoms with Crippen LogP contribution in [0.15, 0.2) is 30.3 Å². The van der Waals surface area contributed by atoms with Crippen molar-refractivity contribution in [1.29, 1.82) is 0 Å². The van der Waals surface area contributed by atoms with Gasteiger partial charge in [-0.25, -0.2) is 0 Å². The molecule has 0 atom stereocenters. The number of anilines is 1. The standard InChI is InChI=1S/C12H14N2O3/c1-9(15)7-11(16)13-8-12(17)14-10-5-3-2-4-6-10/h2-6H,7-8H2,1H3,(H,13,16)(H,14,17). The molecular weight excluding hydrogens is 220 g/mol. The van der Waals surface area contributed by atoms with Crippen molar-refractivity contribution in [2.75, 3.05) is 11.9 Å². The lowest BCUT2D eigenvalue weighted by Gasteiger charge is -2.05. The van der Waals surface area contributed by atoms with Crippen molar-refractivity contribution in [1.82, 2.24) is 5.32 Å². The fraction of sp³-hybridized carbons (Fsp3) is 0.250. The van der Waals surface area contributed by atoms with Crippen molar-refractivity contribution >= 4 is 23.3 Å². The maximum atomic E-state index is 11.4. The van der Waals surface area contributed by atoms with Gasteiger partial charge in [-0.2, -0.15) is 0 Å². The van der Waals surface area contributed by atoms with Crippen LogP contribution >= 0.6 is 0 Å². The molecule has 0 radical (unpaired) electrons. The molecule has 1 aromatic rings. The van der Waals surface area contributed by atoms with Crippen LogP contribution in [-0.4, -0.2) is 24.1 Å². The molecular formula is C12H14N2O3. The summed E-state index contributed by atoms with van der Waals surface area (Å²) in [5.74, 6) is -1.00. The number of carbonyl (C=O) groups is 3. The van der Waals surface area contributed by atoms with Gasteiger partial charge in [0.15, 0.2) is 0 Å². The van der Waals surface area contributed by atoms with E-state index in [9.17, 15) is 14.4 Å². The summed E-state index contributed by atoms with van der Waals surface area (Å²) in [6, 6.07) is 8.92. The van der Waals surface area contributed by atoms with Crippen LogP contribution in [0.2, 0.25) is 0 Å². The number of nitrogens with one attached hydrogen (secondary N) is 2. The summed E-state index contributed by atoms with van der Waals surface area (Å²) in [5.41, 5.74) is 0.665. The van der Waals surface area contributed by atoms with E-state index in [-0.39, 0.29) is 24.7 Å². The molecule has 2 amide bonds. The molecule has 1 rings (SSSR count). The monoisotopic (exact) mass is 234 g/mol. The second kappa shape index (κ2) is 6.42. The van der Waals surface area contributed by atoms with Crippen molar-refractivity contribution in [2.24, 2.45) is 0 Å². The van der Waals surface area contributed by atoms with Gasteiger partial charge in [0.2, 0.25) is 11.8 Å². The van der Waals surface area contributed by atoms with Crippen molar-refractivity contribution in [3.05, 3.63) is 30.3 Å². The quantitative estimate of drug-likeness (QED) is 0.737. The zero-order valence-electron chi connectivity index (χ0n) is 9.53. The van der Waals surface area contributed by atoms with Gasteiger partial charge in [0.1, 0.15) is 5.78 Å². The normalized spacial score (nSPS) is 9.47. The zero-order chi connectivity index (χ0) is 12.7. The summed E-state index contributed by atoms with van der Waals surface area (Å²) in [6.07, 6.45) is -0.196. The third-order valence-corrected chi connectivity index (χ3v) is 1.91. The maximum Gasteiger partial charge on any atom is 0.243 e. The number of hydrogen-bond donors (Lipinski definition) is 2. The van der Waals surface area contributed by atoms with Crippen LogP contribution < -0.4 is 10.6 Å². The number of ketones is 1. The molecule has 5 heteroatoms. The molecule has 0 unspecified atom stereocenters. The first-order valence-corrected chi connectivity index (χ1v) is 5.19. The van der Waals surface area contributed by atoms with Gasteiger partial charge >= 0.3 is 0 Å². The number of para-hydroxylation sites is 1. The summed E-state index contributed by atoms with van der Waals surface area (Å²) in [6.45, 7) is 1.19. The second-order valence-electron chi connectivity index (χ2n) is 3.57. The zero-order valence-corrected chi connectivity index (χ0v) is 9.53. The molecule has 0 aromatic heterocycles. The highest BCUT2D eigenvalue weighted by molar-refractivity contribution is 5.99. The number of amides is 2. The molecule has 0 aliphatic heterocycles. The number of Topliss-reactive ketones (excluding diaryl/α,β-unsaturated/α-hetero) is 1. The van der Waals surface area contributed by atoms with E-state index in [1.165, 1.54) is 6.92 Å². The van der Waals surface area contributed by atoms with Gasteiger partial charge in [0, 0.05) is 5.69 Å². The first kappa shape index (κ1) is 12.9. The van der Waals surface area contributed by atoms with Crippen LogP contribution in [0.25, 0.3) is 0 Å². The summed E-state index contributed by atoms with van der Waals surface area (Å²) < 4.78 is 0. The van der Waals surface area contributed by atoms with Crippen LogP contribution in [-0.2, 0) is 14.4 Å². The van der Waals surface area contributed by atoms with Crippen LogP contribution in [0.1, 0.15) is 13.3 Å². The molecule has 0 bridgehead atoms. The van der Waals surface area contributed by atoms with Gasteiger partial charge in [-0.15, -0.1) is 0 Å². The van der Waals surface area contributed by atoms with E-state index in [0.29, 0.717) is 5.69 Å². The SMILES string of the molecule is CC(=O)CC(=O)NCC(=O)Nc1ccccc1. The van der Waals surface area contributed by atoms with E-state index in [1.807, 2.05) is 6.07 Å². The molecule has 2 N–H and O–H groups in total. The molecule has 0 fully saturated rings. The first-order valence-electron chi connectivity index (χ1n) is 5.19. The lowest BCUT2D eigenvalue weighted by atomic mass is 10.3. The van der Waals surface area contributed by atoms with Crippen molar-refractivity contribution in [3.63, 3.8) is 0 Å². The average Bonchev–Trinajstić information content (AvgIpc) is 2.27. The number of carbonyl (C=O) groups excluding carboxylic acids is 3. The van der Waals surface area contributed by atoms with E-state index >= 15 is 0 Å². The molecule has 0 saturated heterocycles. The van der Waals surface area contributed by atoms with Crippen LogP contribution in [0.4, 0.5) is 5.69 Å². The average molecular weight is 234 g/mol. The molecule has 1 aromatic carbocycles. The van der Waals surface area contributed by atoms with Gasteiger partial charge in [0.25, 0.3) is 0 Å². The molecule has 0 heterocycles. The Morgan fingerprint density at radius 3 is 2.29 bits per heavy atom. The molecule has 5 nitrogen and oxygen atoms in total. The first-order chi connectivity index (χ1) is 8.08.